The molecule has 1 rings (SSSR count). The van der Waals surface area contributed by atoms with E-state index in [2.05, 4.69) is 12.6 Å². The number of nitro groups is 1. The van der Waals surface area contributed by atoms with Crippen LogP contribution in [-0.2, 0) is 5.75 Å². The molecule has 14 heavy (non-hydrogen) atoms. The van der Waals surface area contributed by atoms with E-state index >= 15 is 0 Å². The second kappa shape index (κ2) is 4.10. The van der Waals surface area contributed by atoms with Crippen molar-refractivity contribution in [1.29, 1.82) is 0 Å². The third-order valence-electron chi connectivity index (χ3n) is 1.71. The molecule has 5 nitrogen and oxygen atoms in total. The molecule has 0 aliphatic heterocycles. The summed E-state index contributed by atoms with van der Waals surface area (Å²) in [5.41, 5.74) is 0.161. The summed E-state index contributed by atoms with van der Waals surface area (Å²) >= 11 is 3.93. The van der Waals surface area contributed by atoms with Crippen molar-refractivity contribution in [3.63, 3.8) is 0 Å². The molecule has 0 heterocycles. The maximum atomic E-state index is 10.7. The average Bonchev–Trinajstić information content (AvgIpc) is 2.16. The second-order valence-corrected chi connectivity index (χ2v) is 2.88. The number of rotatable bonds is 3. The number of thiol groups is 1. The monoisotopic (exact) mass is 213 g/mol. The predicted octanol–water partition coefficient (Wildman–Crippen LogP) is 1.72. The van der Waals surface area contributed by atoms with Gasteiger partial charge in [0.15, 0.2) is 0 Å². The Morgan fingerprint density at radius 3 is 2.64 bits per heavy atom. The Morgan fingerprint density at radius 2 is 2.21 bits per heavy atom. The Morgan fingerprint density at radius 1 is 1.57 bits per heavy atom. The molecular formula is C8H7NO4S. The molecule has 0 aliphatic rings. The largest absolute Gasteiger partial charge is 0.478 e. The number of nitro benzene ring substituents is 1. The van der Waals surface area contributed by atoms with E-state index in [4.69, 9.17) is 5.11 Å². The fourth-order valence-electron chi connectivity index (χ4n) is 1.01. The molecule has 0 atom stereocenters. The molecule has 0 aromatic heterocycles. The molecule has 1 aromatic rings. The van der Waals surface area contributed by atoms with E-state index in [9.17, 15) is 14.9 Å². The highest BCUT2D eigenvalue weighted by atomic mass is 32.1. The number of hydrogen-bond acceptors (Lipinski definition) is 4. The fraction of sp³-hybridized carbons (Fsp3) is 0.125. The molecule has 1 N–H and O–H groups in total. The minimum atomic E-state index is -1.18. The summed E-state index contributed by atoms with van der Waals surface area (Å²) in [4.78, 5) is 20.4. The van der Waals surface area contributed by atoms with Gasteiger partial charge in [-0.15, -0.1) is 0 Å². The highest BCUT2D eigenvalue weighted by Crippen LogP contribution is 2.19. The third kappa shape index (κ3) is 2.02. The number of aromatic carboxylic acids is 1. The van der Waals surface area contributed by atoms with E-state index in [1.54, 1.807) is 0 Å². The third-order valence-corrected chi connectivity index (χ3v) is 2.05. The number of benzene rings is 1. The van der Waals surface area contributed by atoms with Gasteiger partial charge in [0.25, 0.3) is 5.69 Å². The molecule has 0 amide bonds. The van der Waals surface area contributed by atoms with Gasteiger partial charge in [-0.3, -0.25) is 10.1 Å². The van der Waals surface area contributed by atoms with Gasteiger partial charge in [0.05, 0.1) is 10.5 Å². The fourth-order valence-corrected chi connectivity index (χ4v) is 1.29. The summed E-state index contributed by atoms with van der Waals surface area (Å²) in [7, 11) is 0. The standard InChI is InChI=1S/C8H7NO4S/c10-8(11)7-3-6(9(12)13)2-1-5(7)4-14/h1-3,14H,4H2,(H,10,11). The van der Waals surface area contributed by atoms with E-state index in [0.29, 0.717) is 5.56 Å². The highest BCUT2D eigenvalue weighted by molar-refractivity contribution is 7.79. The molecule has 0 bridgehead atoms. The number of nitrogens with zero attached hydrogens (tertiary/aromatic N) is 1. The van der Waals surface area contributed by atoms with Crippen LogP contribution in [-0.4, -0.2) is 16.0 Å². The summed E-state index contributed by atoms with van der Waals surface area (Å²) in [6, 6.07) is 3.69. The van der Waals surface area contributed by atoms with Crippen molar-refractivity contribution in [3.05, 3.63) is 39.4 Å². The quantitative estimate of drug-likeness (QED) is 0.455. The molecule has 0 unspecified atom stereocenters. The first-order chi connectivity index (χ1) is 6.56. The van der Waals surface area contributed by atoms with Crippen molar-refractivity contribution < 1.29 is 14.8 Å². The lowest BCUT2D eigenvalue weighted by Gasteiger charge is -2.01. The number of carbonyl (C=O) groups is 1. The van der Waals surface area contributed by atoms with Gasteiger partial charge in [0, 0.05) is 17.9 Å². The van der Waals surface area contributed by atoms with Crippen LogP contribution in [0.15, 0.2) is 18.2 Å². The second-order valence-electron chi connectivity index (χ2n) is 2.56. The maximum Gasteiger partial charge on any atom is 0.336 e. The Bertz CT molecular complexity index is 391. The Labute approximate surface area is 84.9 Å². The molecule has 0 spiro atoms. The number of carboxylic acid groups (broad SMARTS) is 1. The average molecular weight is 213 g/mol. The minimum absolute atomic E-state index is 0.0748. The first-order valence-corrected chi connectivity index (χ1v) is 4.31. The number of hydrogen-bond donors (Lipinski definition) is 2. The topological polar surface area (TPSA) is 80.4 Å². The molecule has 0 fully saturated rings. The summed E-state index contributed by atoms with van der Waals surface area (Å²) in [6.45, 7) is 0. The van der Waals surface area contributed by atoms with Crippen LogP contribution in [0.4, 0.5) is 5.69 Å². The molecular weight excluding hydrogens is 206 g/mol. The van der Waals surface area contributed by atoms with Crippen LogP contribution in [0.5, 0.6) is 0 Å². The molecule has 6 heteroatoms. The van der Waals surface area contributed by atoms with Crippen LogP contribution in [0.1, 0.15) is 15.9 Å². The van der Waals surface area contributed by atoms with Gasteiger partial charge in [-0.25, -0.2) is 4.79 Å². The van der Waals surface area contributed by atoms with E-state index < -0.39 is 10.9 Å². The minimum Gasteiger partial charge on any atom is -0.478 e. The number of carboxylic acids is 1. The van der Waals surface area contributed by atoms with Gasteiger partial charge in [0.1, 0.15) is 0 Å². The molecule has 0 radical (unpaired) electrons. The van der Waals surface area contributed by atoms with Gasteiger partial charge in [0.2, 0.25) is 0 Å². The normalized spacial score (nSPS) is 9.79. The van der Waals surface area contributed by atoms with Crippen LogP contribution >= 0.6 is 12.6 Å². The van der Waals surface area contributed by atoms with E-state index in [0.717, 1.165) is 6.07 Å². The molecule has 74 valence electrons. The Balaban J connectivity index is 3.27. The summed E-state index contributed by atoms with van der Waals surface area (Å²) in [5.74, 6) is -0.947. The van der Waals surface area contributed by atoms with Crippen molar-refractivity contribution in [3.8, 4) is 0 Å². The zero-order valence-electron chi connectivity index (χ0n) is 7.01. The summed E-state index contributed by atoms with van der Waals surface area (Å²) in [5, 5.41) is 19.1. The van der Waals surface area contributed by atoms with Crippen molar-refractivity contribution in [2.75, 3.05) is 0 Å². The summed E-state index contributed by atoms with van der Waals surface area (Å²) < 4.78 is 0. The molecule has 0 aliphatic carbocycles. The molecule has 1 aromatic carbocycles. The smallest absolute Gasteiger partial charge is 0.336 e. The first kappa shape index (κ1) is 10.5. The Hall–Kier alpha value is -1.56. The highest BCUT2D eigenvalue weighted by Gasteiger charge is 2.14. The summed E-state index contributed by atoms with van der Waals surface area (Å²) in [6.07, 6.45) is 0. The van der Waals surface area contributed by atoms with Crippen molar-refractivity contribution in [1.82, 2.24) is 0 Å². The first-order valence-electron chi connectivity index (χ1n) is 3.67. The lowest BCUT2D eigenvalue weighted by Crippen LogP contribution is -2.02. The van der Waals surface area contributed by atoms with Crippen molar-refractivity contribution in [2.45, 2.75) is 5.75 Å². The van der Waals surface area contributed by atoms with E-state index in [1.807, 2.05) is 0 Å². The molecule has 0 saturated carbocycles. The van der Waals surface area contributed by atoms with Crippen molar-refractivity contribution in [2.24, 2.45) is 0 Å². The van der Waals surface area contributed by atoms with Gasteiger partial charge in [-0.1, -0.05) is 6.07 Å². The van der Waals surface area contributed by atoms with Crippen LogP contribution in [0.3, 0.4) is 0 Å². The Kier molecular flexibility index (Phi) is 3.08. The van der Waals surface area contributed by atoms with Gasteiger partial charge in [-0.2, -0.15) is 12.6 Å². The van der Waals surface area contributed by atoms with E-state index in [1.165, 1.54) is 12.1 Å². The predicted molar refractivity (Wildman–Crippen MR) is 52.7 cm³/mol. The molecule has 0 saturated heterocycles. The SMILES string of the molecule is O=C(O)c1cc([N+](=O)[O-])ccc1CS. The van der Waals surface area contributed by atoms with Crippen LogP contribution < -0.4 is 0 Å². The number of non-ortho nitro benzene ring substituents is 1. The van der Waals surface area contributed by atoms with Gasteiger partial charge in [-0.05, 0) is 5.56 Å². The van der Waals surface area contributed by atoms with Crippen LogP contribution in [0.25, 0.3) is 0 Å². The van der Waals surface area contributed by atoms with Gasteiger partial charge < -0.3 is 5.11 Å². The lowest BCUT2D eigenvalue weighted by molar-refractivity contribution is -0.384. The van der Waals surface area contributed by atoms with E-state index in [-0.39, 0.29) is 17.0 Å². The maximum absolute atomic E-state index is 10.7. The van der Waals surface area contributed by atoms with Gasteiger partial charge >= 0.3 is 5.97 Å². The zero-order chi connectivity index (χ0) is 10.7. The van der Waals surface area contributed by atoms with Crippen LogP contribution in [0.2, 0.25) is 0 Å². The zero-order valence-corrected chi connectivity index (χ0v) is 7.90. The van der Waals surface area contributed by atoms with Crippen molar-refractivity contribution >= 4 is 24.3 Å². The van der Waals surface area contributed by atoms with Crippen LogP contribution in [0, 0.1) is 10.1 Å². The lowest BCUT2D eigenvalue weighted by atomic mass is 10.1.